The minimum Gasteiger partial charge on any atom is -0.480 e. The van der Waals surface area contributed by atoms with Gasteiger partial charge in [0.05, 0.1) is 18.2 Å². The number of carbonyl (C=O) groups is 1. The molecular formula is C27H34Cl2O6. The highest BCUT2D eigenvalue weighted by Gasteiger charge is 2.39. The van der Waals surface area contributed by atoms with Crippen LogP contribution >= 0.6 is 23.2 Å². The van der Waals surface area contributed by atoms with Gasteiger partial charge < -0.3 is 23.7 Å². The molecule has 0 aromatic heterocycles. The Morgan fingerprint density at radius 1 is 1.14 bits per heavy atom. The van der Waals surface area contributed by atoms with Crippen molar-refractivity contribution in [2.75, 3.05) is 13.2 Å². The smallest absolute Gasteiger partial charge is 0.344 e. The number of carbonyl (C=O) groups excluding carboxylic acids is 1. The van der Waals surface area contributed by atoms with Crippen LogP contribution in [0.3, 0.4) is 0 Å². The van der Waals surface area contributed by atoms with Crippen molar-refractivity contribution in [2.24, 2.45) is 0 Å². The number of benzene rings is 2. The summed E-state index contributed by atoms with van der Waals surface area (Å²) in [6, 6.07) is 11.0. The van der Waals surface area contributed by atoms with Crippen LogP contribution < -0.4 is 4.74 Å². The lowest BCUT2D eigenvalue weighted by atomic mass is 10.0. The second kappa shape index (κ2) is 13.5. The topological polar surface area (TPSA) is 63.2 Å². The molecule has 0 bridgehead atoms. The molecule has 0 saturated carbocycles. The first kappa shape index (κ1) is 27.8. The second-order valence-corrected chi connectivity index (χ2v) is 9.52. The standard InChI is InChI=1S/C27H34Cl2O6/c1-5-8-23(34-25(30)16-32-22-12-11-19(28)13-21(22)29)27-24(15-33-26(6-2)35-27)31-14-20-17(3)9-7-10-18(20)4/h7,9-13,23-24,26-27H,5-6,8,14-16H2,1-4H3/t23?,24-,26+,27-/m1/s1. The van der Waals surface area contributed by atoms with Crippen molar-refractivity contribution in [2.45, 2.75) is 78.2 Å². The molecular weight excluding hydrogens is 491 g/mol. The molecule has 0 N–H and O–H groups in total. The summed E-state index contributed by atoms with van der Waals surface area (Å²) < 4.78 is 29.8. The van der Waals surface area contributed by atoms with E-state index in [0.717, 1.165) is 12.0 Å². The summed E-state index contributed by atoms with van der Waals surface area (Å²) in [4.78, 5) is 12.7. The Morgan fingerprint density at radius 2 is 1.89 bits per heavy atom. The van der Waals surface area contributed by atoms with Crippen molar-refractivity contribution >= 4 is 29.2 Å². The number of hydrogen-bond acceptors (Lipinski definition) is 6. The van der Waals surface area contributed by atoms with Crippen molar-refractivity contribution in [3.63, 3.8) is 0 Å². The molecule has 0 radical (unpaired) electrons. The first-order valence-electron chi connectivity index (χ1n) is 12.0. The van der Waals surface area contributed by atoms with Crippen molar-refractivity contribution in [3.8, 4) is 5.75 Å². The number of hydrogen-bond donors (Lipinski definition) is 0. The zero-order valence-corrected chi connectivity index (χ0v) is 22.2. The summed E-state index contributed by atoms with van der Waals surface area (Å²) >= 11 is 12.1. The predicted molar refractivity (Wildman–Crippen MR) is 136 cm³/mol. The number of ether oxygens (including phenoxy) is 5. The molecule has 1 saturated heterocycles. The van der Waals surface area contributed by atoms with Crippen molar-refractivity contribution in [1.82, 2.24) is 0 Å². The first-order valence-corrected chi connectivity index (χ1v) is 12.8. The van der Waals surface area contributed by atoms with E-state index in [-0.39, 0.29) is 19.0 Å². The Balaban J connectivity index is 1.68. The Hall–Kier alpha value is -1.83. The lowest BCUT2D eigenvalue weighted by Gasteiger charge is -2.39. The van der Waals surface area contributed by atoms with Gasteiger partial charge in [0.2, 0.25) is 0 Å². The molecule has 1 aliphatic rings. The fraction of sp³-hybridized carbons (Fsp3) is 0.519. The van der Waals surface area contributed by atoms with Gasteiger partial charge in [-0.05, 0) is 61.6 Å². The first-order chi connectivity index (χ1) is 16.8. The lowest BCUT2D eigenvalue weighted by molar-refractivity contribution is -0.284. The van der Waals surface area contributed by atoms with Crippen LogP contribution in [0.25, 0.3) is 0 Å². The van der Waals surface area contributed by atoms with Crippen molar-refractivity contribution < 1.29 is 28.5 Å². The van der Waals surface area contributed by atoms with Gasteiger partial charge in [-0.1, -0.05) is 61.7 Å². The Morgan fingerprint density at radius 3 is 2.54 bits per heavy atom. The van der Waals surface area contributed by atoms with Crippen LogP contribution in [-0.4, -0.2) is 43.8 Å². The molecule has 4 atom stereocenters. The molecule has 2 aromatic rings. The van der Waals surface area contributed by atoms with Gasteiger partial charge in [-0.2, -0.15) is 0 Å². The Labute approximate surface area is 217 Å². The Bertz CT molecular complexity index is 962. The summed E-state index contributed by atoms with van der Waals surface area (Å²) in [6.45, 7) is 8.67. The zero-order valence-electron chi connectivity index (χ0n) is 20.7. The van der Waals surface area contributed by atoms with Gasteiger partial charge in [-0.25, -0.2) is 4.79 Å². The van der Waals surface area contributed by atoms with E-state index in [2.05, 4.69) is 26.0 Å². The summed E-state index contributed by atoms with van der Waals surface area (Å²) in [5, 5.41) is 0.816. The highest BCUT2D eigenvalue weighted by Crippen LogP contribution is 2.29. The van der Waals surface area contributed by atoms with Crippen LogP contribution in [0.15, 0.2) is 36.4 Å². The predicted octanol–water partition coefficient (Wildman–Crippen LogP) is 6.44. The average Bonchev–Trinajstić information content (AvgIpc) is 2.83. The molecule has 1 unspecified atom stereocenters. The number of halogens is 2. The lowest BCUT2D eigenvalue weighted by Crippen LogP contribution is -2.52. The molecule has 1 heterocycles. The highest BCUT2D eigenvalue weighted by molar-refractivity contribution is 6.35. The van der Waals surface area contributed by atoms with Crippen LogP contribution in [0.5, 0.6) is 5.75 Å². The Kier molecular flexibility index (Phi) is 10.7. The summed E-state index contributed by atoms with van der Waals surface area (Å²) in [6.07, 6.45) is 0.403. The van der Waals surface area contributed by atoms with E-state index in [1.807, 2.05) is 19.9 Å². The summed E-state index contributed by atoms with van der Waals surface area (Å²) in [5.74, 6) is -0.144. The fourth-order valence-electron chi connectivity index (χ4n) is 4.06. The van der Waals surface area contributed by atoms with Gasteiger partial charge in [0.25, 0.3) is 0 Å². The molecule has 2 aromatic carbocycles. The SMILES string of the molecule is CCCC(OC(=O)COc1ccc(Cl)cc1Cl)[C@H]1O[C@@H](CC)OC[C@H]1OCc1c(C)cccc1C. The third kappa shape index (κ3) is 7.83. The highest BCUT2D eigenvalue weighted by atomic mass is 35.5. The quantitative estimate of drug-likeness (QED) is 0.315. The number of rotatable bonds is 11. The third-order valence-corrected chi connectivity index (χ3v) is 6.53. The van der Waals surface area contributed by atoms with E-state index in [4.69, 9.17) is 46.9 Å². The summed E-state index contributed by atoms with van der Waals surface area (Å²) in [5.41, 5.74) is 3.47. The molecule has 6 nitrogen and oxygen atoms in total. The fourth-order valence-corrected chi connectivity index (χ4v) is 4.52. The van der Waals surface area contributed by atoms with E-state index in [0.29, 0.717) is 41.9 Å². The number of esters is 1. The van der Waals surface area contributed by atoms with Gasteiger partial charge >= 0.3 is 5.97 Å². The zero-order chi connectivity index (χ0) is 25.4. The van der Waals surface area contributed by atoms with Crippen LogP contribution in [-0.2, 0) is 30.3 Å². The van der Waals surface area contributed by atoms with Crippen LogP contribution in [0.2, 0.25) is 10.0 Å². The van der Waals surface area contributed by atoms with E-state index in [1.165, 1.54) is 11.1 Å². The minimum atomic E-state index is -0.508. The van der Waals surface area contributed by atoms with Gasteiger partial charge in [0.15, 0.2) is 12.9 Å². The molecule has 3 rings (SSSR count). The van der Waals surface area contributed by atoms with Crippen LogP contribution in [0.1, 0.15) is 49.8 Å². The molecule has 1 fully saturated rings. The van der Waals surface area contributed by atoms with Gasteiger partial charge in [-0.3, -0.25) is 0 Å². The van der Waals surface area contributed by atoms with Crippen LogP contribution in [0.4, 0.5) is 0 Å². The van der Waals surface area contributed by atoms with Crippen LogP contribution in [0, 0.1) is 13.8 Å². The molecule has 0 spiro atoms. The minimum absolute atomic E-state index is 0.282. The molecule has 0 aliphatic carbocycles. The largest absolute Gasteiger partial charge is 0.480 e. The van der Waals surface area contributed by atoms with Crippen molar-refractivity contribution in [1.29, 1.82) is 0 Å². The maximum absolute atomic E-state index is 12.7. The third-order valence-electron chi connectivity index (χ3n) is 6.00. The van der Waals surface area contributed by atoms with E-state index in [9.17, 15) is 4.79 Å². The normalized spacial score (nSPS) is 20.9. The monoisotopic (exact) mass is 524 g/mol. The van der Waals surface area contributed by atoms with Crippen molar-refractivity contribution in [3.05, 3.63) is 63.1 Å². The number of aryl methyl sites for hydroxylation is 2. The van der Waals surface area contributed by atoms with E-state index >= 15 is 0 Å². The van der Waals surface area contributed by atoms with Gasteiger partial charge in [-0.15, -0.1) is 0 Å². The van der Waals surface area contributed by atoms with E-state index < -0.39 is 18.2 Å². The molecule has 192 valence electrons. The maximum Gasteiger partial charge on any atom is 0.344 e. The molecule has 8 heteroatoms. The molecule has 1 aliphatic heterocycles. The average molecular weight is 525 g/mol. The maximum atomic E-state index is 12.7. The summed E-state index contributed by atoms with van der Waals surface area (Å²) in [7, 11) is 0. The molecule has 35 heavy (non-hydrogen) atoms. The van der Waals surface area contributed by atoms with Gasteiger partial charge in [0.1, 0.15) is 24.1 Å². The molecule has 0 amide bonds. The van der Waals surface area contributed by atoms with Gasteiger partial charge in [0, 0.05) is 5.02 Å². The second-order valence-electron chi connectivity index (χ2n) is 8.67. The van der Waals surface area contributed by atoms with E-state index in [1.54, 1.807) is 18.2 Å².